The van der Waals surface area contributed by atoms with E-state index < -0.39 is 24.7 Å². The van der Waals surface area contributed by atoms with E-state index in [1.165, 1.54) is 38.6 Å². The van der Waals surface area contributed by atoms with Crippen LogP contribution in [-0.4, -0.2) is 8.07 Å². The molecular weight excluding hydrogens is 496 g/mol. The topological polar surface area (TPSA) is 0 Å². The van der Waals surface area contributed by atoms with Gasteiger partial charge in [-0.15, -0.1) is 0 Å². The van der Waals surface area contributed by atoms with Crippen LogP contribution in [-0.2, 0) is 16.6 Å². The second-order valence-electron chi connectivity index (χ2n) is 12.9. The third-order valence-corrected chi connectivity index (χ3v) is 19.2. The summed E-state index contributed by atoms with van der Waals surface area (Å²) in [7, 11) is -2.65. The molecule has 2 heteroatoms. The fraction of sp³-hybridized carbons (Fsp3) is 0.371. The van der Waals surface area contributed by atoms with Crippen molar-refractivity contribution in [2.45, 2.75) is 83.0 Å². The van der Waals surface area contributed by atoms with Crippen molar-refractivity contribution in [2.24, 2.45) is 0 Å². The van der Waals surface area contributed by atoms with Crippen LogP contribution in [0.2, 0.25) is 20.7 Å². The van der Waals surface area contributed by atoms with Gasteiger partial charge in [-0.3, -0.25) is 0 Å². The van der Waals surface area contributed by atoms with Crippen molar-refractivity contribution >= 4 is 23.6 Å². The molecule has 0 fully saturated rings. The molecule has 3 aromatic carbocycles. The molecule has 3 aromatic rings. The number of benzene rings is 3. The first-order valence-corrected chi connectivity index (χ1v) is 21.3. The fourth-order valence-corrected chi connectivity index (χ4v) is 21.3. The zero-order valence-corrected chi connectivity index (χ0v) is 27.8. The molecular formula is C35H46SiTi. The molecule has 0 radical (unpaired) electrons. The minimum atomic E-state index is -2.65. The molecule has 0 nitrogen and oxygen atoms in total. The number of hydrogen-bond donors (Lipinski definition) is 0. The van der Waals surface area contributed by atoms with Gasteiger partial charge in [0, 0.05) is 0 Å². The molecule has 0 saturated carbocycles. The molecule has 194 valence electrons. The summed E-state index contributed by atoms with van der Waals surface area (Å²) in [4.78, 5) is 0. The van der Waals surface area contributed by atoms with E-state index in [1.807, 2.05) is 0 Å². The second kappa shape index (κ2) is 9.67. The van der Waals surface area contributed by atoms with Crippen molar-refractivity contribution in [2.75, 3.05) is 0 Å². The van der Waals surface area contributed by atoms with Gasteiger partial charge in [0.2, 0.25) is 0 Å². The molecule has 2 unspecified atom stereocenters. The van der Waals surface area contributed by atoms with Gasteiger partial charge in [-0.05, 0) is 0 Å². The number of hydrogen-bond acceptors (Lipinski definition) is 0. The molecule has 0 saturated heterocycles. The van der Waals surface area contributed by atoms with Crippen LogP contribution in [0.5, 0.6) is 0 Å². The molecule has 0 N–H and O–H groups in total. The van der Waals surface area contributed by atoms with Crippen molar-refractivity contribution in [3.8, 4) is 0 Å². The van der Waals surface area contributed by atoms with Gasteiger partial charge in [0.15, 0.2) is 0 Å². The van der Waals surface area contributed by atoms with Gasteiger partial charge in [-0.2, -0.15) is 0 Å². The van der Waals surface area contributed by atoms with E-state index >= 15 is 0 Å². The molecule has 0 spiro atoms. The fourth-order valence-electron chi connectivity index (χ4n) is 7.69. The monoisotopic (exact) mass is 542 g/mol. The van der Waals surface area contributed by atoms with Crippen molar-refractivity contribution in [1.82, 2.24) is 0 Å². The first kappa shape index (κ1) is 28.1. The Labute approximate surface area is 231 Å². The SMILES string of the molecule is CC1=C(C)C(C)([Si](c2ccccc2)(c2cc(C)cc(C)c2)c2cc(C)c(C)c(C)c2)[C]([Ti]([CH3])([CH3])[CH3])=C1C. The van der Waals surface area contributed by atoms with E-state index in [4.69, 9.17) is 0 Å². The Morgan fingerprint density at radius 1 is 0.595 bits per heavy atom. The van der Waals surface area contributed by atoms with Crippen LogP contribution in [0.1, 0.15) is 55.5 Å². The Kier molecular flexibility index (Phi) is 7.34. The molecule has 0 aliphatic heterocycles. The predicted molar refractivity (Wildman–Crippen MR) is 165 cm³/mol. The van der Waals surface area contributed by atoms with Crippen LogP contribution in [0.3, 0.4) is 0 Å². The van der Waals surface area contributed by atoms with Gasteiger partial charge in [-0.25, -0.2) is 0 Å². The molecule has 0 bridgehead atoms. The number of aryl methyl sites for hydroxylation is 4. The van der Waals surface area contributed by atoms with Gasteiger partial charge < -0.3 is 0 Å². The van der Waals surface area contributed by atoms with Crippen molar-refractivity contribution in [3.05, 3.63) is 109 Å². The van der Waals surface area contributed by atoms with Crippen molar-refractivity contribution < 1.29 is 16.6 Å². The third-order valence-electron chi connectivity index (χ3n) is 9.47. The maximum atomic E-state index is 2.65. The summed E-state index contributed by atoms with van der Waals surface area (Å²) in [5.74, 6) is 0. The Bertz CT molecular complexity index is 1390. The van der Waals surface area contributed by atoms with Crippen molar-refractivity contribution in [3.63, 3.8) is 0 Å². The van der Waals surface area contributed by atoms with Crippen LogP contribution in [0.4, 0.5) is 0 Å². The second-order valence-corrected chi connectivity index (χ2v) is 24.9. The van der Waals surface area contributed by atoms with Gasteiger partial charge in [0.1, 0.15) is 0 Å². The first-order chi connectivity index (χ1) is 17.2. The van der Waals surface area contributed by atoms with Crippen LogP contribution in [0.25, 0.3) is 0 Å². The molecule has 37 heavy (non-hydrogen) atoms. The average molecular weight is 543 g/mol. The van der Waals surface area contributed by atoms with Crippen LogP contribution in [0.15, 0.2) is 81.3 Å². The maximum absolute atomic E-state index is 2.65. The van der Waals surface area contributed by atoms with E-state index in [0.717, 1.165) is 0 Å². The zero-order chi connectivity index (χ0) is 27.5. The first-order valence-electron chi connectivity index (χ1n) is 13.8. The normalized spacial score (nSPS) is 20.0. The van der Waals surface area contributed by atoms with E-state index in [-0.39, 0.29) is 5.04 Å². The van der Waals surface area contributed by atoms with E-state index in [2.05, 4.69) is 139 Å². The Hall–Kier alpha value is -1.93. The summed E-state index contributed by atoms with van der Waals surface area (Å²) in [6.07, 6.45) is 0. The van der Waals surface area contributed by atoms with E-state index in [1.54, 1.807) is 25.4 Å². The third kappa shape index (κ3) is 4.23. The summed E-state index contributed by atoms with van der Waals surface area (Å²) in [5, 5.41) is 12.4. The quantitative estimate of drug-likeness (QED) is 0.224. The number of allylic oxidation sites excluding steroid dienone is 4. The summed E-state index contributed by atoms with van der Waals surface area (Å²) in [5.41, 5.74) is 11.6. The Balaban J connectivity index is 2.36. The molecule has 4 rings (SSSR count). The molecule has 0 heterocycles. The molecule has 1 aliphatic rings. The summed E-state index contributed by atoms with van der Waals surface area (Å²) in [6.45, 7) is 21.4. The van der Waals surface area contributed by atoms with E-state index in [0.29, 0.717) is 0 Å². The van der Waals surface area contributed by atoms with Gasteiger partial charge >= 0.3 is 232 Å². The summed E-state index contributed by atoms with van der Waals surface area (Å²) < 4.78 is 1.80. The Morgan fingerprint density at radius 2 is 1.08 bits per heavy atom. The zero-order valence-electron chi connectivity index (χ0n) is 25.3. The summed E-state index contributed by atoms with van der Waals surface area (Å²) >= 11 is -2.32. The van der Waals surface area contributed by atoms with Crippen LogP contribution in [0, 0.1) is 34.6 Å². The molecule has 2 atom stereocenters. The average Bonchev–Trinajstić information content (AvgIpc) is 2.98. The number of rotatable bonds is 5. The molecule has 0 amide bonds. The Morgan fingerprint density at radius 3 is 1.57 bits per heavy atom. The minimum absolute atomic E-state index is 0.0326. The predicted octanol–water partition coefficient (Wildman–Crippen LogP) is 8.38. The molecule has 1 aliphatic carbocycles. The molecule has 0 aromatic heterocycles. The summed E-state index contributed by atoms with van der Waals surface area (Å²) in [6, 6.07) is 24.2. The van der Waals surface area contributed by atoms with Gasteiger partial charge in [0.25, 0.3) is 0 Å². The standard InChI is InChI=1S/C32H37Si.3CH3.Ti/c1-21-15-22(2)17-30(16-21)33(29-13-11-10-12-14-29,31-18-23(3)26(6)24(4)19-31)32(9)20-25(5)27(7)28(32)8;;;;/h10-19H,1-9H3;3*1H3;. The van der Waals surface area contributed by atoms with Gasteiger partial charge in [-0.1, -0.05) is 0 Å². The van der Waals surface area contributed by atoms with Crippen molar-refractivity contribution in [1.29, 1.82) is 0 Å². The van der Waals surface area contributed by atoms with Crippen LogP contribution < -0.4 is 15.6 Å². The van der Waals surface area contributed by atoms with Crippen LogP contribution >= 0.6 is 0 Å². The van der Waals surface area contributed by atoms with E-state index in [9.17, 15) is 0 Å². The van der Waals surface area contributed by atoms with Gasteiger partial charge in [0.05, 0.1) is 0 Å².